The van der Waals surface area contributed by atoms with Gasteiger partial charge in [-0.2, -0.15) is 5.26 Å². The first-order chi connectivity index (χ1) is 8.72. The molecule has 96 valence electrons. The van der Waals surface area contributed by atoms with E-state index in [0.29, 0.717) is 5.02 Å². The summed E-state index contributed by atoms with van der Waals surface area (Å²) in [6.45, 7) is 2.01. The number of hydrogen-bond acceptors (Lipinski definition) is 2. The molecule has 2 rings (SSSR count). The topological polar surface area (TPSA) is 27.0 Å². The highest BCUT2D eigenvalue weighted by molar-refractivity contribution is 9.10. The minimum Gasteiger partial charge on any atom is -0.284 e. The zero-order chi connectivity index (χ0) is 13.0. The van der Waals surface area contributed by atoms with Crippen LogP contribution in [-0.4, -0.2) is 18.0 Å². The van der Waals surface area contributed by atoms with Crippen LogP contribution in [0.2, 0.25) is 5.02 Å². The lowest BCUT2D eigenvalue weighted by Crippen LogP contribution is -2.29. The van der Waals surface area contributed by atoms with E-state index in [0.717, 1.165) is 23.1 Å². The first-order valence-electron chi connectivity index (χ1n) is 6.31. The number of halogens is 2. The average molecular weight is 328 g/mol. The molecule has 1 aliphatic heterocycles. The fraction of sp³-hybridized carbons (Fsp3) is 0.500. The molecule has 0 bridgehead atoms. The fourth-order valence-corrected chi connectivity index (χ4v) is 3.32. The lowest BCUT2D eigenvalue weighted by molar-refractivity contribution is 0.245. The molecule has 0 aliphatic carbocycles. The Labute approximate surface area is 122 Å². The van der Waals surface area contributed by atoms with Crippen molar-refractivity contribution in [1.29, 1.82) is 5.26 Å². The molecular formula is C14H16BrClN2. The van der Waals surface area contributed by atoms with Gasteiger partial charge in [0, 0.05) is 9.50 Å². The van der Waals surface area contributed by atoms with E-state index in [9.17, 15) is 5.26 Å². The molecule has 1 fully saturated rings. The first kappa shape index (κ1) is 13.9. The standard InChI is InChI=1S/C14H16BrClN2/c15-13-9-11(16)5-6-12(13)14(10-17)18-7-3-1-2-4-8-18/h5-6,9,14H,1-4,7-8H2. The Kier molecular flexibility index (Phi) is 5.05. The minimum absolute atomic E-state index is 0.172. The molecule has 18 heavy (non-hydrogen) atoms. The zero-order valence-electron chi connectivity index (χ0n) is 10.2. The summed E-state index contributed by atoms with van der Waals surface area (Å²) in [6.07, 6.45) is 4.92. The van der Waals surface area contributed by atoms with Gasteiger partial charge in [0.25, 0.3) is 0 Å². The second kappa shape index (κ2) is 6.56. The van der Waals surface area contributed by atoms with Crippen LogP contribution in [0.5, 0.6) is 0 Å². The van der Waals surface area contributed by atoms with Crippen molar-refractivity contribution in [3.63, 3.8) is 0 Å². The Morgan fingerprint density at radius 1 is 1.22 bits per heavy atom. The summed E-state index contributed by atoms with van der Waals surface area (Å²) in [5.74, 6) is 0. The Balaban J connectivity index is 2.24. The van der Waals surface area contributed by atoms with Crippen molar-refractivity contribution in [2.45, 2.75) is 31.7 Å². The minimum atomic E-state index is -0.172. The maximum absolute atomic E-state index is 9.47. The Hall–Kier alpha value is -0.560. The zero-order valence-corrected chi connectivity index (χ0v) is 12.5. The van der Waals surface area contributed by atoms with Gasteiger partial charge < -0.3 is 0 Å². The molecule has 0 spiro atoms. The second-order valence-corrected chi connectivity index (χ2v) is 5.94. The molecule has 0 saturated carbocycles. The predicted octanol–water partition coefficient (Wildman–Crippen LogP) is 4.54. The summed E-state index contributed by atoms with van der Waals surface area (Å²) in [5, 5.41) is 10.2. The molecule has 1 aliphatic rings. The van der Waals surface area contributed by atoms with Crippen molar-refractivity contribution >= 4 is 27.5 Å². The van der Waals surface area contributed by atoms with Crippen LogP contribution in [0.3, 0.4) is 0 Å². The van der Waals surface area contributed by atoms with Crippen LogP contribution >= 0.6 is 27.5 Å². The normalized spacial score (nSPS) is 18.9. The molecule has 0 radical (unpaired) electrons. The SMILES string of the molecule is N#CC(c1ccc(Cl)cc1Br)N1CCCCCC1. The fourth-order valence-electron chi connectivity index (χ4n) is 2.42. The van der Waals surface area contributed by atoms with E-state index in [1.165, 1.54) is 25.7 Å². The Morgan fingerprint density at radius 3 is 2.44 bits per heavy atom. The molecule has 2 nitrogen and oxygen atoms in total. The van der Waals surface area contributed by atoms with Crippen LogP contribution in [0.1, 0.15) is 37.3 Å². The summed E-state index contributed by atoms with van der Waals surface area (Å²) < 4.78 is 0.922. The lowest BCUT2D eigenvalue weighted by atomic mass is 10.1. The smallest absolute Gasteiger partial charge is 0.124 e. The van der Waals surface area contributed by atoms with Gasteiger partial charge in [-0.3, -0.25) is 4.90 Å². The lowest BCUT2D eigenvalue weighted by Gasteiger charge is -2.26. The van der Waals surface area contributed by atoms with E-state index in [-0.39, 0.29) is 6.04 Å². The number of benzene rings is 1. The maximum atomic E-state index is 9.47. The van der Waals surface area contributed by atoms with Gasteiger partial charge >= 0.3 is 0 Å². The largest absolute Gasteiger partial charge is 0.284 e. The summed E-state index contributed by atoms with van der Waals surface area (Å²) in [5.41, 5.74) is 1.02. The highest BCUT2D eigenvalue weighted by atomic mass is 79.9. The molecule has 0 aromatic heterocycles. The molecule has 1 aromatic carbocycles. The maximum Gasteiger partial charge on any atom is 0.124 e. The van der Waals surface area contributed by atoms with Gasteiger partial charge in [-0.15, -0.1) is 0 Å². The monoisotopic (exact) mass is 326 g/mol. The predicted molar refractivity (Wildman–Crippen MR) is 77.5 cm³/mol. The third-order valence-electron chi connectivity index (χ3n) is 3.39. The van der Waals surface area contributed by atoms with E-state index in [1.807, 2.05) is 18.2 Å². The number of hydrogen-bond donors (Lipinski definition) is 0. The molecule has 4 heteroatoms. The molecule has 1 heterocycles. The van der Waals surface area contributed by atoms with Crippen LogP contribution in [0.4, 0.5) is 0 Å². The Bertz CT molecular complexity index is 448. The average Bonchev–Trinajstić information content (AvgIpc) is 2.62. The van der Waals surface area contributed by atoms with Gasteiger partial charge in [0.2, 0.25) is 0 Å². The van der Waals surface area contributed by atoms with Gasteiger partial charge in [0.1, 0.15) is 6.04 Å². The van der Waals surface area contributed by atoms with Crippen LogP contribution < -0.4 is 0 Å². The number of likely N-dealkylation sites (tertiary alicyclic amines) is 1. The van der Waals surface area contributed by atoms with Gasteiger partial charge in [0.05, 0.1) is 6.07 Å². The molecule has 1 atom stereocenters. The second-order valence-electron chi connectivity index (χ2n) is 4.65. The molecule has 1 unspecified atom stereocenters. The van der Waals surface area contributed by atoms with Gasteiger partial charge in [0.15, 0.2) is 0 Å². The van der Waals surface area contributed by atoms with Crippen molar-refractivity contribution in [2.75, 3.05) is 13.1 Å². The van der Waals surface area contributed by atoms with Crippen LogP contribution in [0, 0.1) is 11.3 Å². The molecule has 0 N–H and O–H groups in total. The van der Waals surface area contributed by atoms with E-state index in [2.05, 4.69) is 26.9 Å². The quantitative estimate of drug-likeness (QED) is 0.797. The van der Waals surface area contributed by atoms with Crippen LogP contribution in [0.15, 0.2) is 22.7 Å². The molecule has 1 aromatic rings. The Morgan fingerprint density at radius 2 is 1.89 bits per heavy atom. The number of nitrogens with zero attached hydrogens (tertiary/aromatic N) is 2. The van der Waals surface area contributed by atoms with Crippen LogP contribution in [0.25, 0.3) is 0 Å². The van der Waals surface area contributed by atoms with E-state index in [1.54, 1.807) is 0 Å². The summed E-state index contributed by atoms with van der Waals surface area (Å²) in [7, 11) is 0. The van der Waals surface area contributed by atoms with Gasteiger partial charge in [-0.1, -0.05) is 46.4 Å². The molecule has 0 amide bonds. The number of rotatable bonds is 2. The van der Waals surface area contributed by atoms with E-state index in [4.69, 9.17) is 11.6 Å². The van der Waals surface area contributed by atoms with Crippen LogP contribution in [-0.2, 0) is 0 Å². The third kappa shape index (κ3) is 3.26. The van der Waals surface area contributed by atoms with Crippen molar-refractivity contribution < 1.29 is 0 Å². The molecular weight excluding hydrogens is 312 g/mol. The summed E-state index contributed by atoms with van der Waals surface area (Å²) in [6, 6.07) is 7.92. The summed E-state index contributed by atoms with van der Waals surface area (Å²) in [4.78, 5) is 2.28. The van der Waals surface area contributed by atoms with Gasteiger partial charge in [-0.05, 0) is 43.6 Å². The highest BCUT2D eigenvalue weighted by Crippen LogP contribution is 2.31. The van der Waals surface area contributed by atoms with Crippen molar-refractivity contribution in [3.05, 3.63) is 33.3 Å². The van der Waals surface area contributed by atoms with Crippen molar-refractivity contribution in [3.8, 4) is 6.07 Å². The third-order valence-corrected chi connectivity index (χ3v) is 4.31. The summed E-state index contributed by atoms with van der Waals surface area (Å²) >= 11 is 9.46. The van der Waals surface area contributed by atoms with Gasteiger partial charge in [-0.25, -0.2) is 0 Å². The van der Waals surface area contributed by atoms with E-state index < -0.39 is 0 Å². The van der Waals surface area contributed by atoms with Crippen molar-refractivity contribution in [1.82, 2.24) is 4.90 Å². The highest BCUT2D eigenvalue weighted by Gasteiger charge is 2.22. The molecule has 1 saturated heterocycles. The van der Waals surface area contributed by atoms with Crippen molar-refractivity contribution in [2.24, 2.45) is 0 Å². The van der Waals surface area contributed by atoms with E-state index >= 15 is 0 Å². The first-order valence-corrected chi connectivity index (χ1v) is 7.48. The number of nitriles is 1.